The zero-order valence-electron chi connectivity index (χ0n) is 13.5. The Labute approximate surface area is 137 Å². The van der Waals surface area contributed by atoms with Gasteiger partial charge in [-0.2, -0.15) is 0 Å². The quantitative estimate of drug-likeness (QED) is 0.801. The molecule has 128 valence electrons. The highest BCUT2D eigenvalue weighted by Crippen LogP contribution is 2.15. The van der Waals surface area contributed by atoms with Crippen molar-refractivity contribution in [1.82, 2.24) is 10.6 Å². The fraction of sp³-hybridized carbons (Fsp3) is 0.562. The topological polar surface area (TPSA) is 84.5 Å². The molecule has 0 radical (unpaired) electrons. The van der Waals surface area contributed by atoms with Gasteiger partial charge in [-0.1, -0.05) is 6.92 Å². The van der Waals surface area contributed by atoms with Gasteiger partial charge in [0.25, 0.3) is 5.91 Å². The molecular formula is C16H24N2O4S. The fourth-order valence-corrected chi connectivity index (χ4v) is 3.73. The number of hydrogen-bond acceptors (Lipinski definition) is 5. The van der Waals surface area contributed by atoms with Crippen molar-refractivity contribution in [2.45, 2.75) is 24.3 Å². The number of methoxy groups -OCH3 is 1. The Morgan fingerprint density at radius 3 is 2.65 bits per heavy atom. The van der Waals surface area contributed by atoms with Crippen LogP contribution in [0.5, 0.6) is 0 Å². The second-order valence-electron chi connectivity index (χ2n) is 5.89. The Bertz CT molecular complexity index is 628. The van der Waals surface area contributed by atoms with Crippen LogP contribution in [-0.2, 0) is 14.6 Å². The van der Waals surface area contributed by atoms with Crippen LogP contribution in [0.3, 0.4) is 0 Å². The molecule has 1 heterocycles. The molecule has 1 aliphatic rings. The number of nitrogens with one attached hydrogen (secondary N) is 2. The van der Waals surface area contributed by atoms with Crippen molar-refractivity contribution in [3.05, 3.63) is 29.8 Å². The summed E-state index contributed by atoms with van der Waals surface area (Å²) in [6.07, 6.45) is 1.03. The summed E-state index contributed by atoms with van der Waals surface area (Å²) < 4.78 is 28.9. The standard InChI is InChI=1S/C16H24N2O4S/c1-12-7-8-17-11-15(12)18-16(19)13-3-5-14(6-4-13)23(20,21)10-9-22-2/h3-6,12,15,17H,7-11H2,1-2H3,(H,18,19). The molecule has 0 saturated carbocycles. The first-order valence-electron chi connectivity index (χ1n) is 7.77. The third kappa shape index (κ3) is 4.76. The van der Waals surface area contributed by atoms with Crippen molar-refractivity contribution < 1.29 is 17.9 Å². The molecule has 2 unspecified atom stereocenters. The average Bonchev–Trinajstić information content (AvgIpc) is 2.55. The summed E-state index contributed by atoms with van der Waals surface area (Å²) >= 11 is 0. The lowest BCUT2D eigenvalue weighted by molar-refractivity contribution is 0.0915. The first kappa shape index (κ1) is 17.9. The maximum absolute atomic E-state index is 12.3. The maximum Gasteiger partial charge on any atom is 0.251 e. The number of carbonyl (C=O) groups is 1. The van der Waals surface area contributed by atoms with Crippen LogP contribution in [0.25, 0.3) is 0 Å². The smallest absolute Gasteiger partial charge is 0.251 e. The molecule has 1 amide bonds. The number of carbonyl (C=O) groups excluding carboxylic acids is 1. The summed E-state index contributed by atoms with van der Waals surface area (Å²) in [7, 11) is -1.91. The second-order valence-corrected chi connectivity index (χ2v) is 8.00. The third-order valence-corrected chi connectivity index (χ3v) is 5.87. The summed E-state index contributed by atoms with van der Waals surface area (Å²) in [6, 6.07) is 6.15. The minimum atomic E-state index is -3.37. The fourth-order valence-electron chi connectivity index (χ4n) is 2.56. The minimum absolute atomic E-state index is 0.0691. The van der Waals surface area contributed by atoms with Crippen molar-refractivity contribution in [2.75, 3.05) is 32.6 Å². The molecule has 2 rings (SSSR count). The van der Waals surface area contributed by atoms with Crippen LogP contribution in [0, 0.1) is 5.92 Å². The van der Waals surface area contributed by atoms with Crippen LogP contribution in [0.2, 0.25) is 0 Å². The van der Waals surface area contributed by atoms with Gasteiger partial charge >= 0.3 is 0 Å². The number of benzene rings is 1. The number of sulfone groups is 1. The molecule has 7 heteroatoms. The van der Waals surface area contributed by atoms with E-state index in [2.05, 4.69) is 17.6 Å². The lowest BCUT2D eigenvalue weighted by Crippen LogP contribution is -2.50. The van der Waals surface area contributed by atoms with Crippen molar-refractivity contribution >= 4 is 15.7 Å². The molecule has 0 aromatic heterocycles. The van der Waals surface area contributed by atoms with E-state index in [1.807, 2.05) is 0 Å². The Kier molecular flexibility index (Phi) is 6.15. The van der Waals surface area contributed by atoms with E-state index in [0.29, 0.717) is 11.5 Å². The molecule has 0 spiro atoms. The first-order chi connectivity index (χ1) is 10.9. The lowest BCUT2D eigenvalue weighted by Gasteiger charge is -2.30. The molecular weight excluding hydrogens is 316 g/mol. The number of piperidine rings is 1. The van der Waals surface area contributed by atoms with Crippen LogP contribution >= 0.6 is 0 Å². The van der Waals surface area contributed by atoms with Gasteiger partial charge < -0.3 is 15.4 Å². The van der Waals surface area contributed by atoms with E-state index in [-0.39, 0.29) is 29.2 Å². The zero-order chi connectivity index (χ0) is 16.9. The molecule has 6 nitrogen and oxygen atoms in total. The van der Waals surface area contributed by atoms with E-state index < -0.39 is 9.84 Å². The normalized spacial score (nSPS) is 21.8. The molecule has 23 heavy (non-hydrogen) atoms. The molecule has 1 aliphatic heterocycles. The largest absolute Gasteiger partial charge is 0.384 e. The number of hydrogen-bond donors (Lipinski definition) is 2. The third-order valence-electron chi connectivity index (χ3n) is 4.18. The summed E-state index contributed by atoms with van der Waals surface area (Å²) in [5, 5.41) is 6.27. The highest BCUT2D eigenvalue weighted by molar-refractivity contribution is 7.91. The van der Waals surface area contributed by atoms with E-state index >= 15 is 0 Å². The summed E-state index contributed by atoms with van der Waals surface area (Å²) in [5.41, 5.74) is 0.466. The SMILES string of the molecule is COCCS(=O)(=O)c1ccc(C(=O)NC2CNCCC2C)cc1. The monoisotopic (exact) mass is 340 g/mol. The minimum Gasteiger partial charge on any atom is -0.384 e. The maximum atomic E-state index is 12.3. The van der Waals surface area contributed by atoms with E-state index in [1.165, 1.54) is 19.2 Å². The highest BCUT2D eigenvalue weighted by atomic mass is 32.2. The van der Waals surface area contributed by atoms with Gasteiger partial charge in [0.05, 0.1) is 17.3 Å². The summed E-state index contributed by atoms with van der Waals surface area (Å²) in [6.45, 7) is 4.01. The van der Waals surface area contributed by atoms with Crippen LogP contribution in [0.4, 0.5) is 0 Å². The second kappa shape index (κ2) is 7.90. The van der Waals surface area contributed by atoms with Gasteiger partial charge in [-0.25, -0.2) is 8.42 Å². The van der Waals surface area contributed by atoms with E-state index in [0.717, 1.165) is 19.5 Å². The average molecular weight is 340 g/mol. The Morgan fingerprint density at radius 1 is 1.35 bits per heavy atom. The van der Waals surface area contributed by atoms with Crippen LogP contribution in [0.1, 0.15) is 23.7 Å². The summed E-state index contributed by atoms with van der Waals surface area (Å²) in [4.78, 5) is 12.5. The van der Waals surface area contributed by atoms with Crippen LogP contribution in [0.15, 0.2) is 29.2 Å². The van der Waals surface area contributed by atoms with Gasteiger partial charge in [0.15, 0.2) is 9.84 Å². The number of rotatable bonds is 6. The van der Waals surface area contributed by atoms with Gasteiger partial charge in [-0.3, -0.25) is 4.79 Å². The lowest BCUT2D eigenvalue weighted by atomic mass is 9.94. The highest BCUT2D eigenvalue weighted by Gasteiger charge is 2.23. The van der Waals surface area contributed by atoms with E-state index in [9.17, 15) is 13.2 Å². The Hall–Kier alpha value is -1.44. The Balaban J connectivity index is 2.02. The molecule has 0 bridgehead atoms. The number of amides is 1. The Morgan fingerprint density at radius 2 is 2.04 bits per heavy atom. The molecule has 1 saturated heterocycles. The van der Waals surface area contributed by atoms with Gasteiger partial charge in [0, 0.05) is 25.3 Å². The van der Waals surface area contributed by atoms with Gasteiger partial charge in [-0.15, -0.1) is 0 Å². The van der Waals surface area contributed by atoms with Gasteiger partial charge in [0.1, 0.15) is 0 Å². The van der Waals surface area contributed by atoms with Crippen LogP contribution < -0.4 is 10.6 Å². The van der Waals surface area contributed by atoms with Crippen LogP contribution in [-0.4, -0.2) is 52.9 Å². The van der Waals surface area contributed by atoms with Crippen molar-refractivity contribution in [3.63, 3.8) is 0 Å². The molecule has 1 fully saturated rings. The zero-order valence-corrected chi connectivity index (χ0v) is 14.4. The van der Waals surface area contributed by atoms with Crippen molar-refractivity contribution in [1.29, 1.82) is 0 Å². The summed E-state index contributed by atoms with van der Waals surface area (Å²) in [5.74, 6) is 0.181. The molecule has 1 aromatic rings. The molecule has 2 N–H and O–H groups in total. The predicted molar refractivity (Wildman–Crippen MR) is 88.3 cm³/mol. The first-order valence-corrected chi connectivity index (χ1v) is 9.42. The molecule has 2 atom stereocenters. The van der Waals surface area contributed by atoms with E-state index in [1.54, 1.807) is 12.1 Å². The molecule has 1 aromatic carbocycles. The van der Waals surface area contributed by atoms with Gasteiger partial charge in [-0.05, 0) is 43.1 Å². The van der Waals surface area contributed by atoms with E-state index in [4.69, 9.17) is 4.74 Å². The number of ether oxygens (including phenoxy) is 1. The molecule has 0 aliphatic carbocycles. The predicted octanol–water partition coefficient (Wildman–Crippen LogP) is 0.835. The van der Waals surface area contributed by atoms with Crippen molar-refractivity contribution in [2.24, 2.45) is 5.92 Å². The van der Waals surface area contributed by atoms with Crippen molar-refractivity contribution in [3.8, 4) is 0 Å². The van der Waals surface area contributed by atoms with Gasteiger partial charge in [0.2, 0.25) is 0 Å².